The van der Waals surface area contributed by atoms with Crippen LogP contribution in [0, 0.1) is 33.1 Å². The highest BCUT2D eigenvalue weighted by atomic mass is 32.1. The van der Waals surface area contributed by atoms with Crippen LogP contribution in [-0.4, -0.2) is 97.6 Å². The first-order valence-electron chi connectivity index (χ1n) is 23.2. The number of aryl methyl sites for hydroxylation is 3. The van der Waals surface area contributed by atoms with Crippen LogP contribution in [0.5, 0.6) is 5.75 Å². The maximum atomic E-state index is 14.8. The van der Waals surface area contributed by atoms with Gasteiger partial charge in [0.25, 0.3) is 5.91 Å². The van der Waals surface area contributed by atoms with Crippen molar-refractivity contribution in [2.24, 2.45) is 10.4 Å². The van der Waals surface area contributed by atoms with E-state index in [9.17, 15) is 37.5 Å². The number of thiophene rings is 1. The largest absolute Gasteiger partial charge is 0.483 e. The summed E-state index contributed by atoms with van der Waals surface area (Å²) >= 11 is 3.07. The molecular formula is C52H55F3N8O7S2. The van der Waals surface area contributed by atoms with E-state index in [4.69, 9.17) is 14.5 Å². The predicted octanol–water partition coefficient (Wildman–Crippen LogP) is 8.58. The number of halogens is 3. The van der Waals surface area contributed by atoms with Crippen LogP contribution in [0.3, 0.4) is 0 Å². The van der Waals surface area contributed by atoms with Crippen LogP contribution in [-0.2, 0) is 30.1 Å². The Morgan fingerprint density at radius 1 is 0.903 bits per heavy atom. The number of aromatic nitrogens is 4. The van der Waals surface area contributed by atoms with E-state index < -0.39 is 83.5 Å². The van der Waals surface area contributed by atoms with E-state index in [1.807, 2.05) is 63.5 Å². The van der Waals surface area contributed by atoms with Crippen LogP contribution in [0.15, 0.2) is 77.2 Å². The Morgan fingerprint density at radius 2 is 1.57 bits per heavy atom. The molecule has 8 rings (SSSR count). The molecule has 378 valence electrons. The second kappa shape index (κ2) is 20.4. The molecule has 3 N–H and O–H groups in total. The van der Waals surface area contributed by atoms with E-state index in [1.54, 1.807) is 61.9 Å². The third-order valence-electron chi connectivity index (χ3n) is 13.0. The number of alkyl halides is 3. The Kier molecular flexibility index (Phi) is 14.6. The van der Waals surface area contributed by atoms with Crippen molar-refractivity contribution >= 4 is 52.1 Å². The number of aliphatic imine (C=N–C) groups is 1. The molecule has 0 spiro atoms. The predicted molar refractivity (Wildman–Crippen MR) is 267 cm³/mol. The van der Waals surface area contributed by atoms with Gasteiger partial charge in [0, 0.05) is 29.0 Å². The van der Waals surface area contributed by atoms with E-state index in [2.05, 4.69) is 25.8 Å². The van der Waals surface area contributed by atoms with Crippen LogP contribution in [0.25, 0.3) is 26.6 Å². The normalized spacial score (nSPS) is 17.5. The molecule has 0 aliphatic carbocycles. The SMILES string of the molecule is COC(=O)C[C@@H]1N=C(c2ccc(-c3ccc(OCC(=O)N[C@H](C(=O)N4C[C@H](O)C[C@H]4C(=O)N[C@@H](C)c4ccc(-c5scnc5C)cc4)C(C)(C)C)c(C(F)(F)F)c3)cc2)c2c(sc(C)c2C)-n2c(C)nnc21. The van der Waals surface area contributed by atoms with Crippen LogP contribution in [0.1, 0.15) is 103 Å². The first-order chi connectivity index (χ1) is 34.0. The quantitative estimate of drug-likeness (QED) is 0.0945. The number of aliphatic hydroxyl groups excluding tert-OH is 1. The molecule has 5 heterocycles. The minimum atomic E-state index is -4.88. The number of carbonyl (C=O) groups excluding carboxylic acids is 4. The number of aliphatic hydroxyl groups is 1. The van der Waals surface area contributed by atoms with Gasteiger partial charge in [-0.05, 0) is 80.0 Å². The van der Waals surface area contributed by atoms with Gasteiger partial charge >= 0.3 is 12.1 Å². The number of rotatable bonds is 13. The maximum Gasteiger partial charge on any atom is 0.419 e. The molecule has 3 aromatic carbocycles. The minimum absolute atomic E-state index is 0.0308. The summed E-state index contributed by atoms with van der Waals surface area (Å²) in [4.78, 5) is 66.8. The number of methoxy groups -OCH3 is 1. The maximum absolute atomic E-state index is 14.8. The molecule has 1 saturated heterocycles. The average Bonchev–Trinajstić information content (AvgIpc) is 4.11. The molecule has 72 heavy (non-hydrogen) atoms. The number of amides is 3. The Morgan fingerprint density at radius 3 is 2.21 bits per heavy atom. The Labute approximate surface area is 422 Å². The van der Waals surface area contributed by atoms with E-state index in [1.165, 1.54) is 29.4 Å². The molecule has 1 fully saturated rings. The zero-order valence-corrected chi connectivity index (χ0v) is 42.8. The van der Waals surface area contributed by atoms with Gasteiger partial charge in [-0.25, -0.2) is 4.98 Å². The second-order valence-corrected chi connectivity index (χ2v) is 21.2. The molecule has 15 nitrogen and oxygen atoms in total. The lowest BCUT2D eigenvalue weighted by molar-refractivity contribution is -0.144. The van der Waals surface area contributed by atoms with Crippen molar-refractivity contribution in [1.29, 1.82) is 0 Å². The summed E-state index contributed by atoms with van der Waals surface area (Å²) in [6, 6.07) is 14.7. The van der Waals surface area contributed by atoms with Crippen molar-refractivity contribution in [3.05, 3.63) is 122 Å². The van der Waals surface area contributed by atoms with Crippen molar-refractivity contribution in [2.45, 2.75) is 105 Å². The summed E-state index contributed by atoms with van der Waals surface area (Å²) in [5.74, 6) is -1.96. The highest BCUT2D eigenvalue weighted by Crippen LogP contribution is 2.42. The van der Waals surface area contributed by atoms with Crippen LogP contribution >= 0.6 is 22.7 Å². The van der Waals surface area contributed by atoms with Crippen molar-refractivity contribution < 1.29 is 46.9 Å². The lowest BCUT2D eigenvalue weighted by Crippen LogP contribution is -2.58. The van der Waals surface area contributed by atoms with Gasteiger partial charge in [0.15, 0.2) is 12.4 Å². The van der Waals surface area contributed by atoms with Crippen LogP contribution in [0.4, 0.5) is 13.2 Å². The number of nitrogens with zero attached hydrogens (tertiary/aromatic N) is 6. The van der Waals surface area contributed by atoms with Crippen molar-refractivity contribution in [2.75, 3.05) is 20.3 Å². The first kappa shape index (κ1) is 51.6. The molecule has 3 amide bonds. The van der Waals surface area contributed by atoms with Gasteiger partial charge < -0.3 is 30.1 Å². The van der Waals surface area contributed by atoms with Crippen LogP contribution in [0.2, 0.25) is 0 Å². The van der Waals surface area contributed by atoms with E-state index in [0.29, 0.717) is 28.5 Å². The number of ether oxygens (including phenoxy) is 2. The van der Waals surface area contributed by atoms with E-state index in [0.717, 1.165) is 54.8 Å². The zero-order valence-electron chi connectivity index (χ0n) is 41.2. The molecule has 0 bridgehead atoms. The lowest BCUT2D eigenvalue weighted by atomic mass is 9.85. The fourth-order valence-electron chi connectivity index (χ4n) is 9.00. The smallest absolute Gasteiger partial charge is 0.419 e. The molecule has 6 aromatic rings. The van der Waals surface area contributed by atoms with Gasteiger partial charge in [-0.1, -0.05) is 75.4 Å². The summed E-state index contributed by atoms with van der Waals surface area (Å²) in [5.41, 5.74) is 6.19. The van der Waals surface area contributed by atoms with Gasteiger partial charge in [-0.15, -0.1) is 32.9 Å². The molecule has 3 aromatic heterocycles. The number of hydrogen-bond donors (Lipinski definition) is 3. The molecule has 2 aliphatic heterocycles. The van der Waals surface area contributed by atoms with Crippen molar-refractivity contribution in [3.63, 3.8) is 0 Å². The molecule has 20 heteroatoms. The highest BCUT2D eigenvalue weighted by Gasteiger charge is 2.45. The standard InChI is InChI=1S/C52H55F3N8O7S2/c1-26-29(4)72-50-43(26)44(58-38(22-42(66)69-9)47-61-60-30(5)63(47)50)33-14-12-32(13-15-33)35-18-19-40(37(20-35)52(53,54)55)70-24-41(65)59-46(51(6,7)8)49(68)62-23-36(64)21-39(62)48(67)57-27(2)31-10-16-34(17-11-31)45-28(3)56-25-71-45/h10-20,25,27,36,38-39,46,64H,21-24H2,1-9H3,(H,57,67)(H,59,65)/t27-,36+,38-,39-,46+/m0/s1. The number of benzene rings is 3. The zero-order chi connectivity index (χ0) is 52.0. The molecule has 0 radical (unpaired) electrons. The summed E-state index contributed by atoms with van der Waals surface area (Å²) in [6.07, 6.45) is -6.02. The number of thiazole rings is 1. The number of carbonyl (C=O) groups is 4. The monoisotopic (exact) mass is 1020 g/mol. The Balaban J connectivity index is 0.963. The number of hydrogen-bond acceptors (Lipinski definition) is 13. The second-order valence-electron chi connectivity index (χ2n) is 19.1. The Hall–Kier alpha value is -6.77. The number of esters is 1. The third-order valence-corrected chi connectivity index (χ3v) is 15.2. The topological polar surface area (TPSA) is 190 Å². The van der Waals surface area contributed by atoms with Gasteiger partial charge in [-0.2, -0.15) is 13.2 Å². The average molecular weight is 1030 g/mol. The first-order valence-corrected chi connectivity index (χ1v) is 24.9. The molecular weight excluding hydrogens is 970 g/mol. The third kappa shape index (κ3) is 10.6. The van der Waals surface area contributed by atoms with E-state index in [-0.39, 0.29) is 24.9 Å². The molecule has 0 unspecified atom stereocenters. The number of likely N-dealkylation sites (tertiary alicyclic amines) is 1. The minimum Gasteiger partial charge on any atom is -0.483 e. The van der Waals surface area contributed by atoms with Gasteiger partial charge in [-0.3, -0.25) is 28.7 Å². The van der Waals surface area contributed by atoms with Gasteiger partial charge in [0.05, 0.1) is 53.0 Å². The highest BCUT2D eigenvalue weighted by molar-refractivity contribution is 7.15. The molecule has 0 saturated carbocycles. The van der Waals surface area contributed by atoms with E-state index >= 15 is 0 Å². The summed E-state index contributed by atoms with van der Waals surface area (Å²) in [6.45, 7) is 13.6. The molecule has 5 atom stereocenters. The van der Waals surface area contributed by atoms with Gasteiger partial charge in [0.2, 0.25) is 11.8 Å². The number of fused-ring (bicyclic) bond motifs is 3. The number of β-amino-alcohol motifs (C(OH)–C–C–N with tert-alkyl or cyclic N) is 1. The summed E-state index contributed by atoms with van der Waals surface area (Å²) in [7, 11) is 1.30. The fraction of sp³-hybridized carbons (Fsp3) is 0.385. The van der Waals surface area contributed by atoms with Crippen molar-refractivity contribution in [1.82, 2.24) is 35.3 Å². The lowest BCUT2D eigenvalue weighted by Gasteiger charge is -2.35. The summed E-state index contributed by atoms with van der Waals surface area (Å²) in [5, 5.41) is 25.8. The van der Waals surface area contributed by atoms with Gasteiger partial charge in [0.1, 0.15) is 34.7 Å². The number of nitrogens with one attached hydrogen (secondary N) is 2. The summed E-state index contributed by atoms with van der Waals surface area (Å²) < 4.78 is 56.7. The fourth-order valence-corrected chi connectivity index (χ4v) is 11.0. The van der Waals surface area contributed by atoms with Crippen LogP contribution < -0.4 is 15.4 Å². The Bertz CT molecular complexity index is 3070. The molecule has 2 aliphatic rings. The van der Waals surface area contributed by atoms with Crippen molar-refractivity contribution in [3.8, 4) is 32.3 Å².